The second-order valence-corrected chi connectivity index (χ2v) is 4.91. The molecule has 1 aliphatic rings. The minimum atomic E-state index is -0.895. The van der Waals surface area contributed by atoms with Gasteiger partial charge < -0.3 is 14.7 Å². The largest absolute Gasteiger partial charge is 0.494 e. The van der Waals surface area contributed by atoms with Crippen LogP contribution in [0.25, 0.3) is 0 Å². The van der Waals surface area contributed by atoms with Crippen LogP contribution in [0.4, 0.5) is 10.7 Å². The van der Waals surface area contributed by atoms with Crippen LogP contribution < -0.4 is 10.1 Å². The van der Waals surface area contributed by atoms with E-state index in [0.717, 1.165) is 0 Å². The Balaban J connectivity index is 1.97. The Hall–Kier alpha value is -2.38. The first-order valence-electron chi connectivity index (χ1n) is 6.10. The van der Waals surface area contributed by atoms with E-state index >= 15 is 0 Å². The molecule has 2 rings (SSSR count). The zero-order chi connectivity index (χ0) is 14.8. The number of carboxylic acids is 1. The summed E-state index contributed by atoms with van der Waals surface area (Å²) in [5, 5.41) is 11.7. The number of ether oxygens (including phenoxy) is 1. The number of methoxy groups -OCH3 is 1. The summed E-state index contributed by atoms with van der Waals surface area (Å²) in [5.74, 6) is -0.254. The van der Waals surface area contributed by atoms with Crippen LogP contribution in [-0.4, -0.2) is 52.2 Å². The van der Waals surface area contributed by atoms with E-state index in [4.69, 9.17) is 9.84 Å². The summed E-state index contributed by atoms with van der Waals surface area (Å²) in [5.41, 5.74) is -0.891. The Morgan fingerprint density at radius 1 is 1.45 bits per heavy atom. The first-order valence-corrected chi connectivity index (χ1v) is 6.10. The number of amides is 2. The van der Waals surface area contributed by atoms with E-state index in [2.05, 4.69) is 15.3 Å². The van der Waals surface area contributed by atoms with Gasteiger partial charge in [-0.2, -0.15) is 0 Å². The van der Waals surface area contributed by atoms with Crippen molar-refractivity contribution in [2.45, 2.75) is 13.3 Å². The van der Waals surface area contributed by atoms with Gasteiger partial charge in [-0.05, 0) is 13.3 Å². The van der Waals surface area contributed by atoms with Crippen molar-refractivity contribution in [1.82, 2.24) is 14.9 Å². The average molecular weight is 280 g/mol. The van der Waals surface area contributed by atoms with Crippen LogP contribution in [0.15, 0.2) is 12.4 Å². The maximum atomic E-state index is 12.0. The molecule has 1 aromatic heterocycles. The van der Waals surface area contributed by atoms with Gasteiger partial charge >= 0.3 is 12.0 Å². The summed E-state index contributed by atoms with van der Waals surface area (Å²) < 4.78 is 4.91. The molecule has 1 fully saturated rings. The molecule has 0 aromatic carbocycles. The zero-order valence-electron chi connectivity index (χ0n) is 11.3. The van der Waals surface area contributed by atoms with Crippen molar-refractivity contribution in [1.29, 1.82) is 0 Å². The molecule has 108 valence electrons. The van der Waals surface area contributed by atoms with E-state index in [1.165, 1.54) is 24.4 Å². The summed E-state index contributed by atoms with van der Waals surface area (Å²) >= 11 is 0. The minimum absolute atomic E-state index is 0.153. The number of carboxylic acid groups (broad SMARTS) is 1. The van der Waals surface area contributed by atoms with Crippen molar-refractivity contribution in [2.24, 2.45) is 5.41 Å². The number of rotatable bonds is 3. The van der Waals surface area contributed by atoms with Crippen LogP contribution in [0.5, 0.6) is 5.75 Å². The quantitative estimate of drug-likeness (QED) is 0.849. The second kappa shape index (κ2) is 5.32. The molecule has 0 saturated carbocycles. The van der Waals surface area contributed by atoms with E-state index in [-0.39, 0.29) is 12.5 Å². The number of anilines is 1. The zero-order valence-corrected chi connectivity index (χ0v) is 11.3. The Morgan fingerprint density at radius 2 is 2.10 bits per heavy atom. The van der Waals surface area contributed by atoms with E-state index in [0.29, 0.717) is 18.7 Å². The normalized spacial score (nSPS) is 21.6. The van der Waals surface area contributed by atoms with Crippen LogP contribution in [-0.2, 0) is 4.79 Å². The third-order valence-electron chi connectivity index (χ3n) is 3.36. The van der Waals surface area contributed by atoms with E-state index in [1.54, 1.807) is 6.92 Å². The van der Waals surface area contributed by atoms with Crippen LogP contribution in [0.1, 0.15) is 13.3 Å². The van der Waals surface area contributed by atoms with Gasteiger partial charge in [0.05, 0.1) is 24.9 Å². The molecular formula is C12H16N4O4. The summed E-state index contributed by atoms with van der Waals surface area (Å²) in [6.07, 6.45) is 3.31. The molecule has 1 aliphatic heterocycles. The second-order valence-electron chi connectivity index (χ2n) is 4.91. The van der Waals surface area contributed by atoms with Crippen LogP contribution >= 0.6 is 0 Å². The first-order chi connectivity index (χ1) is 9.44. The lowest BCUT2D eigenvalue weighted by atomic mass is 9.90. The summed E-state index contributed by atoms with van der Waals surface area (Å²) in [7, 11) is 1.49. The molecule has 1 aromatic rings. The third kappa shape index (κ3) is 2.79. The van der Waals surface area contributed by atoms with Crippen molar-refractivity contribution >= 4 is 17.9 Å². The summed E-state index contributed by atoms with van der Waals surface area (Å²) in [4.78, 5) is 32.4. The molecule has 20 heavy (non-hydrogen) atoms. The molecule has 0 aliphatic carbocycles. The number of hydrogen-bond acceptors (Lipinski definition) is 5. The molecule has 1 unspecified atom stereocenters. The van der Waals surface area contributed by atoms with Gasteiger partial charge in [0.2, 0.25) is 5.95 Å². The average Bonchev–Trinajstić information content (AvgIpc) is 2.84. The molecule has 2 N–H and O–H groups in total. The summed E-state index contributed by atoms with van der Waals surface area (Å²) in [6, 6.07) is -0.403. The van der Waals surface area contributed by atoms with Crippen LogP contribution in [0, 0.1) is 5.41 Å². The predicted molar refractivity (Wildman–Crippen MR) is 69.5 cm³/mol. The maximum Gasteiger partial charge on any atom is 0.324 e. The number of urea groups is 1. The molecule has 2 heterocycles. The number of carbonyl (C=O) groups is 2. The van der Waals surface area contributed by atoms with E-state index in [1.807, 2.05) is 0 Å². The van der Waals surface area contributed by atoms with Crippen molar-refractivity contribution in [3.63, 3.8) is 0 Å². The molecule has 2 amide bonds. The lowest BCUT2D eigenvalue weighted by molar-refractivity contribution is -0.146. The lowest BCUT2D eigenvalue weighted by Crippen LogP contribution is -2.37. The van der Waals surface area contributed by atoms with E-state index in [9.17, 15) is 9.59 Å². The van der Waals surface area contributed by atoms with Gasteiger partial charge in [0, 0.05) is 13.1 Å². The van der Waals surface area contributed by atoms with Gasteiger partial charge in [-0.3, -0.25) is 10.1 Å². The van der Waals surface area contributed by atoms with Crippen LogP contribution in [0.3, 0.4) is 0 Å². The smallest absolute Gasteiger partial charge is 0.324 e. The highest BCUT2D eigenvalue weighted by Crippen LogP contribution is 2.30. The molecule has 8 nitrogen and oxygen atoms in total. The highest BCUT2D eigenvalue weighted by atomic mass is 16.5. The third-order valence-corrected chi connectivity index (χ3v) is 3.36. The van der Waals surface area contributed by atoms with Gasteiger partial charge in [-0.1, -0.05) is 0 Å². The van der Waals surface area contributed by atoms with Crippen molar-refractivity contribution in [3.8, 4) is 5.75 Å². The molecule has 8 heteroatoms. The standard InChI is InChI=1S/C12H16N4O4/c1-12(9(17)18)3-4-16(7-12)11(19)15-10-13-5-8(20-2)6-14-10/h5-6H,3-4,7H2,1-2H3,(H,17,18)(H,13,14,15,19). The Kier molecular flexibility index (Phi) is 3.73. The Morgan fingerprint density at radius 3 is 2.60 bits per heavy atom. The fraction of sp³-hybridized carbons (Fsp3) is 0.500. The SMILES string of the molecule is COc1cnc(NC(=O)N2CCC(C)(C(=O)O)C2)nc1. The number of aromatic nitrogens is 2. The number of nitrogens with one attached hydrogen (secondary N) is 1. The van der Waals surface area contributed by atoms with Crippen molar-refractivity contribution in [3.05, 3.63) is 12.4 Å². The van der Waals surface area contributed by atoms with Crippen molar-refractivity contribution < 1.29 is 19.4 Å². The minimum Gasteiger partial charge on any atom is -0.494 e. The topological polar surface area (TPSA) is 105 Å². The van der Waals surface area contributed by atoms with Gasteiger partial charge in [0.1, 0.15) is 0 Å². The number of aliphatic carboxylic acids is 1. The predicted octanol–water partition coefficient (Wildman–Crippen LogP) is 0.814. The Bertz CT molecular complexity index is 519. The number of hydrogen-bond donors (Lipinski definition) is 2. The lowest BCUT2D eigenvalue weighted by Gasteiger charge is -2.20. The molecule has 0 radical (unpaired) electrons. The monoisotopic (exact) mass is 280 g/mol. The van der Waals surface area contributed by atoms with Crippen LogP contribution in [0.2, 0.25) is 0 Å². The molecule has 0 bridgehead atoms. The molecule has 0 spiro atoms. The maximum absolute atomic E-state index is 12.0. The van der Waals surface area contributed by atoms with Gasteiger partial charge in [-0.15, -0.1) is 0 Å². The highest BCUT2D eigenvalue weighted by Gasteiger charge is 2.42. The molecular weight excluding hydrogens is 264 g/mol. The van der Waals surface area contributed by atoms with Crippen molar-refractivity contribution in [2.75, 3.05) is 25.5 Å². The summed E-state index contributed by atoms with van der Waals surface area (Å²) in [6.45, 7) is 2.20. The number of nitrogens with zero attached hydrogens (tertiary/aromatic N) is 3. The highest BCUT2D eigenvalue weighted by molar-refractivity contribution is 5.88. The molecule has 1 saturated heterocycles. The first kappa shape index (κ1) is 14.0. The van der Waals surface area contributed by atoms with Gasteiger partial charge in [-0.25, -0.2) is 14.8 Å². The number of carbonyl (C=O) groups excluding carboxylic acids is 1. The number of likely N-dealkylation sites (tertiary alicyclic amines) is 1. The fourth-order valence-electron chi connectivity index (χ4n) is 1.97. The van der Waals surface area contributed by atoms with E-state index < -0.39 is 17.4 Å². The Labute approximate surface area is 115 Å². The van der Waals surface area contributed by atoms with Gasteiger partial charge in [0.15, 0.2) is 5.75 Å². The fourth-order valence-corrected chi connectivity index (χ4v) is 1.97. The molecule has 1 atom stereocenters. The van der Waals surface area contributed by atoms with Gasteiger partial charge in [0.25, 0.3) is 0 Å².